The first-order valence-electron chi connectivity index (χ1n) is 10.2. The number of carbonyl (C=O) groups is 2. The molecule has 1 saturated heterocycles. The summed E-state index contributed by atoms with van der Waals surface area (Å²) >= 11 is 0. The number of carboxylic acids is 1. The molecule has 3 aromatic rings. The predicted octanol–water partition coefficient (Wildman–Crippen LogP) is 3.34. The molecule has 0 spiro atoms. The molecule has 7 nitrogen and oxygen atoms in total. The Kier molecular flexibility index (Phi) is 7.49. The predicted molar refractivity (Wildman–Crippen MR) is 116 cm³/mol. The Balaban J connectivity index is 0.000000383. The lowest BCUT2D eigenvalue weighted by Gasteiger charge is -2.25. The minimum Gasteiger partial charge on any atom is -0.475 e. The van der Waals surface area contributed by atoms with Gasteiger partial charge in [-0.25, -0.2) is 4.79 Å². The number of halogens is 3. The van der Waals surface area contributed by atoms with Gasteiger partial charge in [0.1, 0.15) is 0 Å². The van der Waals surface area contributed by atoms with Crippen LogP contribution in [0.2, 0.25) is 0 Å². The van der Waals surface area contributed by atoms with Crippen LogP contribution >= 0.6 is 0 Å². The van der Waals surface area contributed by atoms with Crippen LogP contribution in [0.4, 0.5) is 13.2 Å². The highest BCUT2D eigenvalue weighted by Crippen LogP contribution is 2.21. The van der Waals surface area contributed by atoms with Gasteiger partial charge in [-0.05, 0) is 24.6 Å². The molecule has 3 N–H and O–H groups in total. The molecule has 0 aliphatic carbocycles. The second kappa shape index (κ2) is 10.3. The number of fused-ring (bicyclic) bond motifs is 1. The largest absolute Gasteiger partial charge is 0.490 e. The van der Waals surface area contributed by atoms with Gasteiger partial charge in [0, 0.05) is 36.1 Å². The van der Waals surface area contributed by atoms with E-state index in [1.54, 1.807) is 12.3 Å². The number of H-pyrrole nitrogens is 1. The van der Waals surface area contributed by atoms with Crippen molar-refractivity contribution >= 4 is 22.6 Å². The highest BCUT2D eigenvalue weighted by atomic mass is 19.4. The van der Waals surface area contributed by atoms with Crippen molar-refractivity contribution in [3.8, 4) is 0 Å². The second-order valence-corrected chi connectivity index (χ2v) is 7.40. The molecule has 10 heteroatoms. The summed E-state index contributed by atoms with van der Waals surface area (Å²) < 4.78 is 31.7. The Hall–Kier alpha value is -3.66. The van der Waals surface area contributed by atoms with Gasteiger partial charge in [-0.3, -0.25) is 9.59 Å². The lowest BCUT2D eigenvalue weighted by Crippen LogP contribution is -2.36. The standard InChI is InChI=1S/C21H21N3O2.C2HF3O2/c25-20-17-10-5-4-9-16(17)18(13-23-20)21(26)24-12-6-11-22-19(14-24)15-7-2-1-3-8-15;3-2(4,5)1(6)7/h1-5,7-10,13,19,22H,6,11-12,14H2,(H,23,25);(H,6,7). The van der Waals surface area contributed by atoms with Crippen molar-refractivity contribution in [1.29, 1.82) is 0 Å². The number of rotatable bonds is 2. The van der Waals surface area contributed by atoms with Crippen LogP contribution in [0.1, 0.15) is 28.4 Å². The number of carboxylic acid groups (broad SMARTS) is 1. The summed E-state index contributed by atoms with van der Waals surface area (Å²) in [6.07, 6.45) is -2.64. The van der Waals surface area contributed by atoms with E-state index in [-0.39, 0.29) is 17.5 Å². The molecular formula is C23H22F3N3O4. The summed E-state index contributed by atoms with van der Waals surface area (Å²) in [6, 6.07) is 17.6. The molecule has 1 aromatic heterocycles. The molecule has 1 aliphatic heterocycles. The van der Waals surface area contributed by atoms with Crippen LogP contribution in [-0.4, -0.2) is 52.7 Å². The normalized spacial score (nSPS) is 16.5. The molecule has 2 heterocycles. The molecule has 4 rings (SSSR count). The maximum Gasteiger partial charge on any atom is 0.490 e. The molecule has 174 valence electrons. The van der Waals surface area contributed by atoms with Gasteiger partial charge in [-0.1, -0.05) is 48.5 Å². The smallest absolute Gasteiger partial charge is 0.475 e. The molecule has 0 bridgehead atoms. The first-order valence-corrected chi connectivity index (χ1v) is 10.2. The van der Waals surface area contributed by atoms with E-state index in [1.165, 1.54) is 5.56 Å². The summed E-state index contributed by atoms with van der Waals surface area (Å²) in [5.74, 6) is -2.80. The minimum absolute atomic E-state index is 0.0397. The molecule has 2 aromatic carbocycles. The number of benzene rings is 2. The van der Waals surface area contributed by atoms with E-state index in [4.69, 9.17) is 9.90 Å². The van der Waals surface area contributed by atoms with Gasteiger partial charge < -0.3 is 20.3 Å². The number of nitrogens with one attached hydrogen (secondary N) is 2. The summed E-state index contributed by atoms with van der Waals surface area (Å²) in [6.45, 7) is 2.18. The Bertz CT molecular complexity index is 1180. The fourth-order valence-corrected chi connectivity index (χ4v) is 3.57. The van der Waals surface area contributed by atoms with Gasteiger partial charge in [0.25, 0.3) is 11.5 Å². The number of aromatic amines is 1. The molecule has 0 radical (unpaired) electrons. The Labute approximate surface area is 186 Å². The monoisotopic (exact) mass is 461 g/mol. The second-order valence-electron chi connectivity index (χ2n) is 7.40. The zero-order valence-corrected chi connectivity index (χ0v) is 17.4. The number of hydrogen-bond acceptors (Lipinski definition) is 4. The van der Waals surface area contributed by atoms with Crippen molar-refractivity contribution in [2.24, 2.45) is 0 Å². The quantitative estimate of drug-likeness (QED) is 0.543. The molecule has 1 atom stereocenters. The van der Waals surface area contributed by atoms with Crippen LogP contribution in [0, 0.1) is 0 Å². The zero-order valence-electron chi connectivity index (χ0n) is 17.4. The summed E-state index contributed by atoms with van der Waals surface area (Å²) in [5, 5.41) is 11.9. The SMILES string of the molecule is O=C(O)C(F)(F)F.O=C(c1c[nH]c(=O)c2ccccc12)N1CCCNC(c2ccccc2)C1. The van der Waals surface area contributed by atoms with Crippen LogP contribution < -0.4 is 10.9 Å². The van der Waals surface area contributed by atoms with Crippen LogP contribution in [-0.2, 0) is 4.79 Å². The average molecular weight is 461 g/mol. The molecular weight excluding hydrogens is 439 g/mol. The average Bonchev–Trinajstić information content (AvgIpc) is 3.06. The van der Waals surface area contributed by atoms with E-state index in [0.29, 0.717) is 29.4 Å². The van der Waals surface area contributed by atoms with E-state index in [0.717, 1.165) is 13.0 Å². The number of aromatic nitrogens is 1. The highest BCUT2D eigenvalue weighted by Gasteiger charge is 2.38. The minimum atomic E-state index is -5.08. The summed E-state index contributed by atoms with van der Waals surface area (Å²) in [7, 11) is 0. The van der Waals surface area contributed by atoms with Crippen molar-refractivity contribution in [2.45, 2.75) is 18.6 Å². The fraction of sp³-hybridized carbons (Fsp3) is 0.261. The molecule has 0 saturated carbocycles. The first-order chi connectivity index (χ1) is 15.7. The van der Waals surface area contributed by atoms with Gasteiger partial charge in [0.2, 0.25) is 0 Å². The molecule has 1 aliphatic rings. The Morgan fingerprint density at radius 2 is 1.61 bits per heavy atom. The number of alkyl halides is 3. The van der Waals surface area contributed by atoms with Gasteiger partial charge in [0.05, 0.1) is 5.56 Å². The van der Waals surface area contributed by atoms with Crippen molar-refractivity contribution in [1.82, 2.24) is 15.2 Å². The van der Waals surface area contributed by atoms with Gasteiger partial charge >= 0.3 is 12.1 Å². The lowest BCUT2D eigenvalue weighted by atomic mass is 10.0. The maximum absolute atomic E-state index is 13.2. The fourth-order valence-electron chi connectivity index (χ4n) is 3.57. The first kappa shape index (κ1) is 24.0. The van der Waals surface area contributed by atoms with Crippen LogP contribution in [0.3, 0.4) is 0 Å². The topological polar surface area (TPSA) is 102 Å². The van der Waals surface area contributed by atoms with E-state index in [9.17, 15) is 22.8 Å². The third-order valence-corrected chi connectivity index (χ3v) is 5.17. The van der Waals surface area contributed by atoms with E-state index < -0.39 is 12.1 Å². The van der Waals surface area contributed by atoms with E-state index in [2.05, 4.69) is 22.4 Å². The maximum atomic E-state index is 13.2. The van der Waals surface area contributed by atoms with E-state index >= 15 is 0 Å². The van der Waals surface area contributed by atoms with Crippen molar-refractivity contribution in [3.05, 3.63) is 82.3 Å². The Morgan fingerprint density at radius 3 is 2.24 bits per heavy atom. The third-order valence-electron chi connectivity index (χ3n) is 5.17. The molecule has 33 heavy (non-hydrogen) atoms. The van der Waals surface area contributed by atoms with Crippen LogP contribution in [0.15, 0.2) is 65.6 Å². The number of carbonyl (C=O) groups excluding carboxylic acids is 1. The number of aliphatic carboxylic acids is 1. The number of amides is 1. The van der Waals surface area contributed by atoms with Crippen LogP contribution in [0.5, 0.6) is 0 Å². The van der Waals surface area contributed by atoms with E-state index in [1.807, 2.05) is 41.3 Å². The molecule has 1 amide bonds. The summed E-state index contributed by atoms with van der Waals surface area (Å²) in [4.78, 5) is 38.7. The number of pyridine rings is 1. The lowest BCUT2D eigenvalue weighted by molar-refractivity contribution is -0.192. The van der Waals surface area contributed by atoms with Crippen molar-refractivity contribution in [2.75, 3.05) is 19.6 Å². The highest BCUT2D eigenvalue weighted by molar-refractivity contribution is 6.06. The van der Waals surface area contributed by atoms with Crippen molar-refractivity contribution in [3.63, 3.8) is 0 Å². The van der Waals surface area contributed by atoms with Gasteiger partial charge in [-0.15, -0.1) is 0 Å². The summed E-state index contributed by atoms with van der Waals surface area (Å²) in [5.41, 5.74) is 1.56. The van der Waals surface area contributed by atoms with Crippen molar-refractivity contribution < 1.29 is 27.9 Å². The number of hydrogen-bond donors (Lipinski definition) is 3. The zero-order chi connectivity index (χ0) is 24.0. The Morgan fingerprint density at radius 1 is 1.00 bits per heavy atom. The third kappa shape index (κ3) is 5.98. The van der Waals surface area contributed by atoms with Gasteiger partial charge in [-0.2, -0.15) is 13.2 Å². The van der Waals surface area contributed by atoms with Gasteiger partial charge in [0.15, 0.2) is 0 Å². The molecule has 1 unspecified atom stereocenters. The van der Waals surface area contributed by atoms with Crippen LogP contribution in [0.25, 0.3) is 10.8 Å². The number of nitrogens with zero attached hydrogens (tertiary/aromatic N) is 1. The molecule has 1 fully saturated rings.